The molecule has 0 rings (SSSR count). The first kappa shape index (κ1) is 29.1. The molecule has 0 heterocycles. The molecule has 32 heavy (non-hydrogen) atoms. The maximum absolute atomic E-state index is 12.6. The predicted molar refractivity (Wildman–Crippen MR) is 115 cm³/mol. The van der Waals surface area contributed by atoms with Gasteiger partial charge in [0.15, 0.2) is 0 Å². The van der Waals surface area contributed by atoms with Gasteiger partial charge in [-0.1, -0.05) is 13.8 Å². The Morgan fingerprint density at radius 3 is 1.81 bits per heavy atom. The van der Waals surface area contributed by atoms with Crippen LogP contribution < -0.4 is 27.4 Å². The molecule has 0 aliphatic carbocycles. The first-order valence-corrected chi connectivity index (χ1v) is 10.4. The highest BCUT2D eigenvalue weighted by Crippen LogP contribution is 2.06. The molecule has 4 atom stereocenters. The largest absolute Gasteiger partial charge is 0.481 e. The fourth-order valence-corrected chi connectivity index (χ4v) is 2.74. The number of carbonyl (C=O) groups is 6. The minimum Gasteiger partial charge on any atom is -0.481 e. The van der Waals surface area contributed by atoms with E-state index in [0.29, 0.717) is 0 Å². The van der Waals surface area contributed by atoms with Gasteiger partial charge in [-0.2, -0.15) is 12.6 Å². The van der Waals surface area contributed by atoms with Gasteiger partial charge < -0.3 is 37.6 Å². The second kappa shape index (κ2) is 14.2. The summed E-state index contributed by atoms with van der Waals surface area (Å²) in [5.74, 6) is -6.31. The van der Waals surface area contributed by atoms with E-state index in [-0.39, 0.29) is 25.0 Å². The molecule has 0 aromatic heterocycles. The van der Waals surface area contributed by atoms with Crippen LogP contribution in [-0.4, -0.2) is 75.7 Å². The molecule has 4 amide bonds. The van der Waals surface area contributed by atoms with E-state index in [9.17, 15) is 33.9 Å². The van der Waals surface area contributed by atoms with Gasteiger partial charge in [0.05, 0.1) is 6.04 Å². The lowest BCUT2D eigenvalue weighted by Crippen LogP contribution is -2.58. The van der Waals surface area contributed by atoms with Crippen molar-refractivity contribution in [1.82, 2.24) is 16.0 Å². The zero-order valence-electron chi connectivity index (χ0n) is 17.9. The number of primary amides is 1. The summed E-state index contributed by atoms with van der Waals surface area (Å²) in [5, 5.41) is 25.1. The maximum Gasteiger partial charge on any atom is 0.326 e. The second-order valence-electron chi connectivity index (χ2n) is 7.42. The predicted octanol–water partition coefficient (Wildman–Crippen LogP) is -2.43. The third-order valence-corrected chi connectivity index (χ3v) is 4.73. The van der Waals surface area contributed by atoms with Gasteiger partial charge in [0.25, 0.3) is 0 Å². The number of aliphatic carboxylic acids is 2. The summed E-state index contributed by atoms with van der Waals surface area (Å²) in [4.78, 5) is 70.3. The van der Waals surface area contributed by atoms with Crippen LogP contribution in [0.4, 0.5) is 0 Å². The zero-order chi connectivity index (χ0) is 25.0. The summed E-state index contributed by atoms with van der Waals surface area (Å²) >= 11 is 3.99. The van der Waals surface area contributed by atoms with Gasteiger partial charge in [-0.3, -0.25) is 24.0 Å². The van der Waals surface area contributed by atoms with Gasteiger partial charge in [-0.25, -0.2) is 4.79 Å². The fraction of sp³-hybridized carbons (Fsp3) is 0.667. The van der Waals surface area contributed by atoms with E-state index in [1.54, 1.807) is 13.8 Å². The quantitative estimate of drug-likeness (QED) is 0.117. The lowest BCUT2D eigenvalue weighted by molar-refractivity contribution is -0.144. The van der Waals surface area contributed by atoms with Crippen molar-refractivity contribution in [3.8, 4) is 0 Å². The van der Waals surface area contributed by atoms with Crippen molar-refractivity contribution < 1.29 is 39.0 Å². The Morgan fingerprint density at radius 1 is 0.844 bits per heavy atom. The minimum absolute atomic E-state index is 0.0441. The number of nitrogens with one attached hydrogen (secondary N) is 3. The molecular weight excluding hydrogens is 446 g/mol. The number of amides is 4. The normalized spacial score (nSPS) is 14.5. The Labute approximate surface area is 190 Å². The van der Waals surface area contributed by atoms with Crippen LogP contribution in [0.25, 0.3) is 0 Å². The topological polar surface area (TPSA) is 231 Å². The van der Waals surface area contributed by atoms with Gasteiger partial charge >= 0.3 is 11.9 Å². The van der Waals surface area contributed by atoms with Crippen LogP contribution in [0.5, 0.6) is 0 Å². The summed E-state index contributed by atoms with van der Waals surface area (Å²) in [7, 11) is 0. The molecule has 0 aromatic carbocycles. The Hall–Kier alpha value is -2.87. The SMILES string of the molecule is CC(C)C(NC(=O)C(CCC(=O)O)NC(=O)C(CS)NC(=O)C(N)CCC(N)=O)C(=O)O. The molecule has 14 heteroatoms. The Balaban J connectivity index is 5.28. The molecule has 182 valence electrons. The fourth-order valence-electron chi connectivity index (χ4n) is 2.48. The second-order valence-corrected chi connectivity index (χ2v) is 7.78. The first-order chi connectivity index (χ1) is 14.8. The highest BCUT2D eigenvalue weighted by Gasteiger charge is 2.31. The van der Waals surface area contributed by atoms with E-state index < -0.39 is 72.1 Å². The molecule has 0 fully saturated rings. The lowest BCUT2D eigenvalue weighted by atomic mass is 10.0. The molecular formula is C18H31N5O8S. The average Bonchev–Trinajstić information content (AvgIpc) is 2.69. The first-order valence-electron chi connectivity index (χ1n) is 9.80. The average molecular weight is 478 g/mol. The number of carboxylic acid groups (broad SMARTS) is 2. The number of carbonyl (C=O) groups excluding carboxylic acids is 4. The van der Waals surface area contributed by atoms with Crippen molar-refractivity contribution in [2.75, 3.05) is 5.75 Å². The maximum atomic E-state index is 12.6. The Morgan fingerprint density at radius 2 is 1.38 bits per heavy atom. The van der Waals surface area contributed by atoms with Crippen LogP contribution in [0.3, 0.4) is 0 Å². The molecule has 0 aliphatic rings. The molecule has 9 N–H and O–H groups in total. The third kappa shape index (κ3) is 10.9. The van der Waals surface area contributed by atoms with Gasteiger partial charge in [0, 0.05) is 18.6 Å². The number of rotatable bonds is 15. The van der Waals surface area contributed by atoms with E-state index >= 15 is 0 Å². The number of nitrogens with two attached hydrogens (primary N) is 2. The highest BCUT2D eigenvalue weighted by atomic mass is 32.1. The van der Waals surface area contributed by atoms with E-state index in [4.69, 9.17) is 16.6 Å². The lowest BCUT2D eigenvalue weighted by Gasteiger charge is -2.25. The number of hydrogen-bond donors (Lipinski definition) is 8. The van der Waals surface area contributed by atoms with Gasteiger partial charge in [0.1, 0.15) is 18.1 Å². The summed E-state index contributed by atoms with van der Waals surface area (Å²) in [6.07, 6.45) is -0.974. The zero-order valence-corrected chi connectivity index (χ0v) is 18.8. The number of hydrogen-bond acceptors (Lipinski definition) is 8. The number of carboxylic acids is 2. The third-order valence-electron chi connectivity index (χ3n) is 4.36. The van der Waals surface area contributed by atoms with Crippen molar-refractivity contribution in [3.05, 3.63) is 0 Å². The molecule has 0 bridgehead atoms. The van der Waals surface area contributed by atoms with Crippen molar-refractivity contribution in [1.29, 1.82) is 0 Å². The van der Waals surface area contributed by atoms with Crippen LogP contribution in [0.2, 0.25) is 0 Å². The molecule has 13 nitrogen and oxygen atoms in total. The van der Waals surface area contributed by atoms with Crippen molar-refractivity contribution in [3.63, 3.8) is 0 Å². The Bertz CT molecular complexity index is 717. The summed E-state index contributed by atoms with van der Waals surface area (Å²) in [6, 6.07) is -4.98. The summed E-state index contributed by atoms with van der Waals surface area (Å²) < 4.78 is 0. The molecule has 0 saturated carbocycles. The molecule has 0 aromatic rings. The van der Waals surface area contributed by atoms with E-state index in [2.05, 4.69) is 28.6 Å². The smallest absolute Gasteiger partial charge is 0.326 e. The Kier molecular flexibility index (Phi) is 13.0. The van der Waals surface area contributed by atoms with Crippen LogP contribution in [0.15, 0.2) is 0 Å². The van der Waals surface area contributed by atoms with E-state index in [1.807, 2.05) is 0 Å². The molecule has 0 aliphatic heterocycles. The highest BCUT2D eigenvalue weighted by molar-refractivity contribution is 7.80. The van der Waals surface area contributed by atoms with Crippen LogP contribution >= 0.6 is 12.6 Å². The van der Waals surface area contributed by atoms with E-state index in [1.165, 1.54) is 0 Å². The minimum atomic E-state index is -1.37. The van der Waals surface area contributed by atoms with Gasteiger partial charge in [0.2, 0.25) is 23.6 Å². The molecule has 0 radical (unpaired) electrons. The summed E-state index contributed by atoms with van der Waals surface area (Å²) in [6.45, 7) is 3.13. The van der Waals surface area contributed by atoms with Crippen LogP contribution in [-0.2, 0) is 28.8 Å². The van der Waals surface area contributed by atoms with Gasteiger partial charge in [-0.05, 0) is 18.8 Å². The van der Waals surface area contributed by atoms with Crippen LogP contribution in [0, 0.1) is 5.92 Å². The molecule has 0 spiro atoms. The monoisotopic (exact) mass is 477 g/mol. The van der Waals surface area contributed by atoms with Crippen molar-refractivity contribution in [2.24, 2.45) is 17.4 Å². The van der Waals surface area contributed by atoms with E-state index in [0.717, 1.165) is 0 Å². The van der Waals surface area contributed by atoms with Crippen molar-refractivity contribution in [2.45, 2.75) is 63.7 Å². The standard InChI is InChI=1S/C18H31N5O8S/c1-8(2)14(18(30)31)23-16(28)10(4-6-13(25)26)21-17(29)11(7-32)22-15(27)9(19)3-5-12(20)24/h8-11,14,32H,3-7,19H2,1-2H3,(H2,20,24)(H,21,29)(H,22,27)(H,23,28)(H,25,26)(H,30,31). The van der Waals surface area contributed by atoms with Crippen LogP contribution in [0.1, 0.15) is 39.5 Å². The molecule has 0 saturated heterocycles. The molecule has 4 unspecified atom stereocenters. The summed E-state index contributed by atoms with van der Waals surface area (Å²) in [5.41, 5.74) is 10.7. The number of thiol groups is 1. The van der Waals surface area contributed by atoms with Gasteiger partial charge in [-0.15, -0.1) is 0 Å². The van der Waals surface area contributed by atoms with Crippen molar-refractivity contribution >= 4 is 48.2 Å².